The molecule has 9 heteroatoms. The minimum atomic E-state index is -0.494. The monoisotopic (exact) mass is 379 g/mol. The Morgan fingerprint density at radius 1 is 1.15 bits per heavy atom. The Kier molecular flexibility index (Phi) is 7.43. The topological polar surface area (TPSA) is 99.5 Å². The Morgan fingerprint density at radius 2 is 1.85 bits per heavy atom. The van der Waals surface area contributed by atoms with Crippen LogP contribution in [0.2, 0.25) is 5.35 Å². The van der Waals surface area contributed by atoms with Gasteiger partial charge in [0.1, 0.15) is 6.26 Å². The van der Waals surface area contributed by atoms with E-state index in [2.05, 4.69) is 39.7 Å². The van der Waals surface area contributed by atoms with Crippen LogP contribution in [0.1, 0.15) is 24.2 Å². The molecule has 2 rings (SSSR count). The third kappa shape index (κ3) is 6.05. The highest BCUT2D eigenvalue weighted by Crippen LogP contribution is 2.13. The zero-order valence-corrected chi connectivity index (χ0v) is 15.5. The van der Waals surface area contributed by atoms with Gasteiger partial charge in [0.25, 0.3) is 11.3 Å². The second kappa shape index (κ2) is 9.79. The van der Waals surface area contributed by atoms with Crippen LogP contribution < -0.4 is 16.0 Å². The van der Waals surface area contributed by atoms with Crippen molar-refractivity contribution in [3.63, 3.8) is 0 Å². The van der Waals surface area contributed by atoms with Gasteiger partial charge in [-0.15, -0.1) is 0 Å². The Morgan fingerprint density at radius 3 is 2.42 bits per heavy atom. The fraction of sp³-hybridized carbons (Fsp3) is 0.353. The molecule has 0 spiro atoms. The molecule has 1 heterocycles. The highest BCUT2D eigenvalue weighted by atomic mass is 35.5. The van der Waals surface area contributed by atoms with Crippen LogP contribution in [0.15, 0.2) is 34.9 Å². The maximum Gasteiger partial charge on any atom is 0.324 e. The van der Waals surface area contributed by atoms with Crippen molar-refractivity contribution in [2.45, 2.75) is 13.8 Å². The number of rotatable bonds is 8. The lowest BCUT2D eigenvalue weighted by Gasteiger charge is -2.17. The molecule has 0 aliphatic rings. The van der Waals surface area contributed by atoms with Gasteiger partial charge in [0, 0.05) is 24.3 Å². The largest absolute Gasteiger partial charge is 0.434 e. The molecule has 3 N–H and O–H groups in total. The van der Waals surface area contributed by atoms with Gasteiger partial charge in [0.2, 0.25) is 0 Å². The van der Waals surface area contributed by atoms with E-state index in [1.165, 1.54) is 6.26 Å². The van der Waals surface area contributed by atoms with E-state index in [1.54, 1.807) is 24.3 Å². The molecule has 140 valence electrons. The number of urea groups is 1. The molecule has 0 saturated carbocycles. The zero-order valence-electron chi connectivity index (χ0n) is 14.7. The van der Waals surface area contributed by atoms with Gasteiger partial charge in [0.15, 0.2) is 5.82 Å². The van der Waals surface area contributed by atoms with E-state index in [-0.39, 0.29) is 17.1 Å². The van der Waals surface area contributed by atoms with Gasteiger partial charge in [-0.25, -0.2) is 4.79 Å². The number of nitrogens with zero attached hydrogens (tertiary/aromatic N) is 2. The van der Waals surface area contributed by atoms with Crippen molar-refractivity contribution in [1.82, 2.24) is 15.2 Å². The molecule has 0 aliphatic carbocycles. The summed E-state index contributed by atoms with van der Waals surface area (Å²) in [6.45, 7) is 7.48. The highest BCUT2D eigenvalue weighted by molar-refractivity contribution is 6.27. The molecule has 0 saturated heterocycles. The predicted molar refractivity (Wildman–Crippen MR) is 101 cm³/mol. The number of hydrogen-bond donors (Lipinski definition) is 3. The molecule has 0 bridgehead atoms. The number of aromatic nitrogens is 1. The molecule has 1 aromatic carbocycles. The number of likely N-dealkylation sites (N-methyl/N-ethyl adjacent to an activating group) is 1. The fourth-order valence-electron chi connectivity index (χ4n) is 2.26. The highest BCUT2D eigenvalue weighted by Gasteiger charge is 2.09. The molecule has 0 atom stereocenters. The van der Waals surface area contributed by atoms with Crippen molar-refractivity contribution < 1.29 is 14.0 Å². The fourth-order valence-corrected chi connectivity index (χ4v) is 2.40. The zero-order chi connectivity index (χ0) is 18.9. The average Bonchev–Trinajstić information content (AvgIpc) is 3.03. The summed E-state index contributed by atoms with van der Waals surface area (Å²) in [6.07, 6.45) is 1.23. The van der Waals surface area contributed by atoms with Crippen LogP contribution in [0.25, 0.3) is 0 Å². The molecular formula is C17H22ClN5O3. The van der Waals surface area contributed by atoms with Crippen LogP contribution in [-0.2, 0) is 0 Å². The van der Waals surface area contributed by atoms with Crippen molar-refractivity contribution in [3.05, 3.63) is 41.4 Å². The lowest BCUT2D eigenvalue weighted by molar-refractivity contribution is 0.0949. The van der Waals surface area contributed by atoms with Gasteiger partial charge in [-0.2, -0.15) is 4.98 Å². The summed E-state index contributed by atoms with van der Waals surface area (Å²) in [4.78, 5) is 29.9. The first-order valence-electron chi connectivity index (χ1n) is 8.31. The number of carbonyl (C=O) groups excluding carboxylic acids is 2. The Hall–Kier alpha value is -2.58. The number of anilines is 2. The minimum absolute atomic E-state index is 0.0586. The smallest absolute Gasteiger partial charge is 0.324 e. The second-order valence-corrected chi connectivity index (χ2v) is 5.75. The van der Waals surface area contributed by atoms with Gasteiger partial charge in [-0.1, -0.05) is 13.8 Å². The van der Waals surface area contributed by atoms with Gasteiger partial charge in [-0.05, 0) is 49.0 Å². The molecule has 2 aromatic rings. The van der Waals surface area contributed by atoms with Crippen LogP contribution in [0.5, 0.6) is 0 Å². The summed E-state index contributed by atoms with van der Waals surface area (Å²) in [6, 6.07) is 6.10. The molecule has 0 unspecified atom stereocenters. The number of benzene rings is 1. The first-order chi connectivity index (χ1) is 12.5. The Bertz CT molecular complexity index is 728. The SMILES string of the molecule is CCN(CC)CCNC(=O)c1ccc(NC(=O)Nc2coc(Cl)n2)cc1. The summed E-state index contributed by atoms with van der Waals surface area (Å²) in [5, 5.41) is 7.92. The Balaban J connectivity index is 1.81. The van der Waals surface area contributed by atoms with E-state index < -0.39 is 6.03 Å². The molecule has 8 nitrogen and oxygen atoms in total. The van der Waals surface area contributed by atoms with E-state index in [0.29, 0.717) is 17.8 Å². The van der Waals surface area contributed by atoms with Crippen molar-refractivity contribution >= 4 is 35.0 Å². The number of hydrogen-bond acceptors (Lipinski definition) is 5. The summed E-state index contributed by atoms with van der Waals surface area (Å²) < 4.78 is 4.78. The van der Waals surface area contributed by atoms with Gasteiger partial charge >= 0.3 is 6.03 Å². The third-order valence-corrected chi connectivity index (χ3v) is 3.90. The van der Waals surface area contributed by atoms with E-state index in [1.807, 2.05) is 0 Å². The van der Waals surface area contributed by atoms with E-state index in [0.717, 1.165) is 19.6 Å². The van der Waals surface area contributed by atoms with Crippen molar-refractivity contribution in [2.75, 3.05) is 36.8 Å². The second-order valence-electron chi connectivity index (χ2n) is 5.42. The van der Waals surface area contributed by atoms with E-state index >= 15 is 0 Å². The van der Waals surface area contributed by atoms with Crippen LogP contribution in [0.4, 0.5) is 16.3 Å². The van der Waals surface area contributed by atoms with E-state index in [9.17, 15) is 9.59 Å². The normalized spacial score (nSPS) is 10.6. The standard InChI is InChI=1S/C17H22ClN5O3/c1-3-23(4-2)10-9-19-15(24)12-5-7-13(8-6-12)20-17(25)22-14-11-26-16(18)21-14/h5-8,11H,3-4,9-10H2,1-2H3,(H,19,24)(H2,20,22,25). The lowest BCUT2D eigenvalue weighted by atomic mass is 10.2. The van der Waals surface area contributed by atoms with Crippen LogP contribution in [0, 0.1) is 0 Å². The van der Waals surface area contributed by atoms with Crippen molar-refractivity contribution in [2.24, 2.45) is 0 Å². The van der Waals surface area contributed by atoms with E-state index in [4.69, 9.17) is 16.0 Å². The molecule has 3 amide bonds. The summed E-state index contributed by atoms with van der Waals surface area (Å²) >= 11 is 5.53. The molecule has 0 radical (unpaired) electrons. The molecular weight excluding hydrogens is 358 g/mol. The van der Waals surface area contributed by atoms with Crippen molar-refractivity contribution in [3.8, 4) is 0 Å². The summed E-state index contributed by atoms with van der Waals surface area (Å²) in [5.74, 6) is 0.0575. The van der Waals surface area contributed by atoms with Crippen molar-refractivity contribution in [1.29, 1.82) is 0 Å². The Labute approximate surface area is 156 Å². The predicted octanol–water partition coefficient (Wildman–Crippen LogP) is 3.04. The van der Waals surface area contributed by atoms with Gasteiger partial charge in [0.05, 0.1) is 0 Å². The molecule has 0 fully saturated rings. The maximum absolute atomic E-state index is 12.1. The van der Waals surface area contributed by atoms with Crippen LogP contribution in [0.3, 0.4) is 0 Å². The lowest BCUT2D eigenvalue weighted by Crippen LogP contribution is -2.34. The number of nitrogens with one attached hydrogen (secondary N) is 3. The molecule has 1 aromatic heterocycles. The average molecular weight is 380 g/mol. The quantitative estimate of drug-likeness (QED) is 0.654. The number of halogens is 1. The minimum Gasteiger partial charge on any atom is -0.434 e. The summed E-state index contributed by atoms with van der Waals surface area (Å²) in [5.41, 5.74) is 1.07. The van der Waals surface area contributed by atoms with Gasteiger partial charge < -0.3 is 20.0 Å². The first kappa shape index (κ1) is 19.7. The van der Waals surface area contributed by atoms with Gasteiger partial charge in [-0.3, -0.25) is 10.1 Å². The molecule has 0 aliphatic heterocycles. The maximum atomic E-state index is 12.1. The number of oxazole rings is 1. The first-order valence-corrected chi connectivity index (χ1v) is 8.69. The summed E-state index contributed by atoms with van der Waals surface area (Å²) in [7, 11) is 0. The van der Waals surface area contributed by atoms with Crippen LogP contribution >= 0.6 is 11.6 Å². The number of carbonyl (C=O) groups is 2. The van der Waals surface area contributed by atoms with Crippen LogP contribution in [-0.4, -0.2) is 48.0 Å². The molecule has 26 heavy (non-hydrogen) atoms. The third-order valence-electron chi connectivity index (χ3n) is 3.73. The number of amides is 3.